The fourth-order valence-electron chi connectivity index (χ4n) is 3.39. The van der Waals surface area contributed by atoms with Crippen molar-refractivity contribution in [3.63, 3.8) is 0 Å². The summed E-state index contributed by atoms with van der Waals surface area (Å²) < 4.78 is 11.1. The largest absolute Gasteiger partial charge is 0.486 e. The molecule has 0 N–H and O–H groups in total. The van der Waals surface area contributed by atoms with Gasteiger partial charge in [0, 0.05) is 26.2 Å². The van der Waals surface area contributed by atoms with E-state index in [-0.39, 0.29) is 5.91 Å². The number of hydrogen-bond donors (Lipinski definition) is 0. The number of nitrogens with zero attached hydrogens (tertiary/aromatic N) is 2. The van der Waals surface area contributed by atoms with Crippen LogP contribution in [0.2, 0.25) is 5.02 Å². The van der Waals surface area contributed by atoms with Crippen LogP contribution in [0.1, 0.15) is 25.3 Å². The number of carbonyl (C=O) groups excluding carboxylic acids is 1. The van der Waals surface area contributed by atoms with Gasteiger partial charge in [-0.05, 0) is 37.1 Å². The zero-order valence-corrected chi connectivity index (χ0v) is 15.1. The Morgan fingerprint density at radius 1 is 1.29 bits per heavy atom. The number of piperidine rings is 1. The van der Waals surface area contributed by atoms with Gasteiger partial charge in [-0.3, -0.25) is 4.79 Å². The van der Waals surface area contributed by atoms with Gasteiger partial charge in [0.1, 0.15) is 13.2 Å². The van der Waals surface area contributed by atoms with Gasteiger partial charge in [0.2, 0.25) is 5.91 Å². The van der Waals surface area contributed by atoms with Crippen molar-refractivity contribution in [3.8, 4) is 11.5 Å². The highest BCUT2D eigenvalue weighted by Gasteiger charge is 2.25. The van der Waals surface area contributed by atoms with E-state index in [2.05, 4.69) is 11.8 Å². The lowest BCUT2D eigenvalue weighted by molar-refractivity contribution is -0.132. The molecule has 0 aliphatic carbocycles. The van der Waals surface area contributed by atoms with Crippen LogP contribution < -0.4 is 9.47 Å². The number of halogens is 1. The molecule has 6 heteroatoms. The standard InChI is InChI=1S/C18H25ClN2O3/c1-3-21-6-4-14(5-7-21)20(2)17(22)12-13-10-15(19)18-16(11-13)23-8-9-24-18/h10-11,14H,3-9,12H2,1-2H3. The number of likely N-dealkylation sites (N-methyl/N-ethyl adjacent to an activating group) is 1. The van der Waals surface area contributed by atoms with Crippen molar-refractivity contribution in [1.29, 1.82) is 0 Å². The SMILES string of the molecule is CCN1CCC(N(C)C(=O)Cc2cc(Cl)c3c(c2)OCCO3)CC1. The summed E-state index contributed by atoms with van der Waals surface area (Å²) >= 11 is 6.26. The first kappa shape index (κ1) is 17.4. The van der Waals surface area contributed by atoms with E-state index in [4.69, 9.17) is 21.1 Å². The molecule has 1 fully saturated rings. The van der Waals surface area contributed by atoms with Crippen LogP contribution in [0.15, 0.2) is 12.1 Å². The third-order valence-corrected chi connectivity index (χ3v) is 5.24. The molecule has 2 aliphatic rings. The molecule has 1 aromatic carbocycles. The van der Waals surface area contributed by atoms with Crippen LogP contribution in [0, 0.1) is 0 Å². The van der Waals surface area contributed by atoms with Crippen molar-refractivity contribution in [3.05, 3.63) is 22.7 Å². The second-order valence-electron chi connectivity index (χ2n) is 6.45. The molecule has 2 heterocycles. The molecule has 3 rings (SSSR count). The number of carbonyl (C=O) groups is 1. The van der Waals surface area contributed by atoms with Gasteiger partial charge in [-0.25, -0.2) is 0 Å². The quantitative estimate of drug-likeness (QED) is 0.835. The molecular weight excluding hydrogens is 328 g/mol. The van der Waals surface area contributed by atoms with Gasteiger partial charge < -0.3 is 19.3 Å². The Morgan fingerprint density at radius 2 is 2.00 bits per heavy atom. The number of rotatable bonds is 4. The molecule has 0 unspecified atom stereocenters. The number of likely N-dealkylation sites (tertiary alicyclic amines) is 1. The number of benzene rings is 1. The Morgan fingerprint density at radius 3 is 2.71 bits per heavy atom. The summed E-state index contributed by atoms with van der Waals surface area (Å²) in [5, 5.41) is 0.508. The lowest BCUT2D eigenvalue weighted by atomic mass is 10.0. The van der Waals surface area contributed by atoms with Crippen LogP contribution >= 0.6 is 11.6 Å². The molecule has 0 aromatic heterocycles. The molecule has 1 saturated heterocycles. The van der Waals surface area contributed by atoms with Crippen LogP contribution in [0.5, 0.6) is 11.5 Å². The van der Waals surface area contributed by atoms with Gasteiger partial charge in [0.15, 0.2) is 11.5 Å². The number of amides is 1. The van der Waals surface area contributed by atoms with Crippen LogP contribution in [0.3, 0.4) is 0 Å². The lowest BCUT2D eigenvalue weighted by Gasteiger charge is -2.36. The van der Waals surface area contributed by atoms with E-state index in [1.54, 1.807) is 6.07 Å². The van der Waals surface area contributed by atoms with E-state index >= 15 is 0 Å². The van der Waals surface area contributed by atoms with E-state index in [9.17, 15) is 4.79 Å². The summed E-state index contributed by atoms with van der Waals surface area (Å²) in [4.78, 5) is 17.0. The first-order chi connectivity index (χ1) is 11.6. The highest BCUT2D eigenvalue weighted by molar-refractivity contribution is 6.32. The monoisotopic (exact) mass is 352 g/mol. The number of ether oxygens (including phenoxy) is 2. The molecule has 0 spiro atoms. The maximum Gasteiger partial charge on any atom is 0.226 e. The van der Waals surface area contributed by atoms with Crippen LogP contribution in [-0.4, -0.2) is 61.6 Å². The predicted octanol–water partition coefficient (Wildman–Crippen LogP) is 2.60. The van der Waals surface area contributed by atoms with E-state index in [0.29, 0.717) is 42.2 Å². The Balaban J connectivity index is 1.63. The van der Waals surface area contributed by atoms with Crippen molar-refractivity contribution < 1.29 is 14.3 Å². The first-order valence-corrected chi connectivity index (χ1v) is 9.02. The summed E-state index contributed by atoms with van der Waals surface area (Å²) in [6, 6.07) is 4.00. The highest BCUT2D eigenvalue weighted by atomic mass is 35.5. The Labute approximate surface area is 148 Å². The normalized spacial score (nSPS) is 18.5. The van der Waals surface area contributed by atoms with E-state index < -0.39 is 0 Å². The molecule has 2 aliphatic heterocycles. The van der Waals surface area contributed by atoms with Gasteiger partial charge >= 0.3 is 0 Å². The smallest absolute Gasteiger partial charge is 0.226 e. The lowest BCUT2D eigenvalue weighted by Crippen LogP contribution is -2.45. The summed E-state index contributed by atoms with van der Waals surface area (Å²) in [5.74, 6) is 1.34. The average molecular weight is 353 g/mol. The van der Waals surface area contributed by atoms with Crippen molar-refractivity contribution in [2.75, 3.05) is 39.9 Å². The predicted molar refractivity (Wildman–Crippen MR) is 94.1 cm³/mol. The summed E-state index contributed by atoms with van der Waals surface area (Å²) in [7, 11) is 1.91. The molecule has 0 radical (unpaired) electrons. The van der Waals surface area contributed by atoms with Gasteiger partial charge in [-0.15, -0.1) is 0 Å². The van der Waals surface area contributed by atoms with Gasteiger partial charge in [0.25, 0.3) is 0 Å². The third kappa shape index (κ3) is 3.78. The first-order valence-electron chi connectivity index (χ1n) is 8.64. The van der Waals surface area contributed by atoms with Crippen LogP contribution in [0.25, 0.3) is 0 Å². The zero-order chi connectivity index (χ0) is 17.1. The molecule has 5 nitrogen and oxygen atoms in total. The Kier molecular flexibility index (Phi) is 5.51. The number of fused-ring (bicyclic) bond motifs is 1. The van der Waals surface area contributed by atoms with E-state index in [1.807, 2.05) is 18.0 Å². The maximum atomic E-state index is 12.6. The van der Waals surface area contributed by atoms with Gasteiger partial charge in [-0.1, -0.05) is 18.5 Å². The summed E-state index contributed by atoms with van der Waals surface area (Å²) in [5.41, 5.74) is 0.868. The minimum Gasteiger partial charge on any atom is -0.486 e. The molecule has 24 heavy (non-hydrogen) atoms. The Hall–Kier alpha value is -1.46. The van der Waals surface area contributed by atoms with Crippen molar-refractivity contribution in [2.24, 2.45) is 0 Å². The zero-order valence-electron chi connectivity index (χ0n) is 14.4. The van der Waals surface area contributed by atoms with Gasteiger partial charge in [0.05, 0.1) is 11.4 Å². The number of hydrogen-bond acceptors (Lipinski definition) is 4. The molecule has 132 valence electrons. The van der Waals surface area contributed by atoms with E-state index in [0.717, 1.165) is 38.0 Å². The second-order valence-corrected chi connectivity index (χ2v) is 6.86. The molecule has 0 saturated carbocycles. The van der Waals surface area contributed by atoms with Gasteiger partial charge in [-0.2, -0.15) is 0 Å². The third-order valence-electron chi connectivity index (χ3n) is 4.96. The van der Waals surface area contributed by atoms with Crippen molar-refractivity contribution in [2.45, 2.75) is 32.2 Å². The van der Waals surface area contributed by atoms with Crippen LogP contribution in [-0.2, 0) is 11.2 Å². The topological polar surface area (TPSA) is 42.0 Å². The highest BCUT2D eigenvalue weighted by Crippen LogP contribution is 2.38. The summed E-state index contributed by atoms with van der Waals surface area (Å²) in [6.07, 6.45) is 2.41. The molecular formula is C18H25ClN2O3. The van der Waals surface area contributed by atoms with Crippen molar-refractivity contribution in [1.82, 2.24) is 9.80 Å². The molecule has 1 aromatic rings. The van der Waals surface area contributed by atoms with E-state index in [1.165, 1.54) is 0 Å². The fraction of sp³-hybridized carbons (Fsp3) is 0.611. The average Bonchev–Trinajstić information content (AvgIpc) is 2.61. The molecule has 0 bridgehead atoms. The fourth-order valence-corrected chi connectivity index (χ4v) is 3.68. The Bertz CT molecular complexity index is 600. The summed E-state index contributed by atoms with van der Waals surface area (Å²) in [6.45, 7) is 6.41. The minimum atomic E-state index is 0.123. The van der Waals surface area contributed by atoms with Crippen molar-refractivity contribution >= 4 is 17.5 Å². The molecule has 0 atom stereocenters. The molecule has 1 amide bonds. The second kappa shape index (κ2) is 7.62. The van der Waals surface area contributed by atoms with Crippen LogP contribution in [0.4, 0.5) is 0 Å². The maximum absolute atomic E-state index is 12.6. The minimum absolute atomic E-state index is 0.123.